The molecule has 0 aromatic rings. The summed E-state index contributed by atoms with van der Waals surface area (Å²) in [7, 11) is 0. The first-order valence-electron chi connectivity index (χ1n) is 4.52. The highest BCUT2D eigenvalue weighted by Crippen LogP contribution is 2.35. The molecule has 0 spiro atoms. The molecule has 0 unspecified atom stereocenters. The minimum Gasteiger partial charge on any atom is -0.465 e. The second-order valence-corrected chi connectivity index (χ2v) is 3.69. The van der Waals surface area contributed by atoms with Gasteiger partial charge in [-0.25, -0.2) is 0 Å². The van der Waals surface area contributed by atoms with Crippen LogP contribution >= 0.6 is 0 Å². The first-order valence-corrected chi connectivity index (χ1v) is 4.52. The van der Waals surface area contributed by atoms with E-state index in [9.17, 15) is 4.79 Å². The van der Waals surface area contributed by atoms with E-state index in [2.05, 4.69) is 0 Å². The van der Waals surface area contributed by atoms with Crippen molar-refractivity contribution in [1.82, 2.24) is 0 Å². The van der Waals surface area contributed by atoms with Crippen LogP contribution in [0.3, 0.4) is 0 Å². The fraction of sp³-hybridized carbons (Fsp3) is 0.889. The van der Waals surface area contributed by atoms with Crippen LogP contribution in [-0.2, 0) is 9.53 Å². The van der Waals surface area contributed by atoms with E-state index >= 15 is 0 Å². The third-order valence-electron chi connectivity index (χ3n) is 2.95. The molecular weight excluding hydrogens is 140 g/mol. The Morgan fingerprint density at radius 2 is 1.91 bits per heavy atom. The Bertz CT molecular complexity index is 159. The largest absolute Gasteiger partial charge is 0.465 e. The van der Waals surface area contributed by atoms with Crippen molar-refractivity contribution in [3.8, 4) is 0 Å². The summed E-state index contributed by atoms with van der Waals surface area (Å²) < 4.78 is 4.94. The lowest BCUT2D eigenvalue weighted by Gasteiger charge is -2.13. The van der Waals surface area contributed by atoms with E-state index in [1.807, 2.05) is 0 Å². The Hall–Kier alpha value is -0.530. The smallest absolute Gasteiger partial charge is 0.306 e. The normalized spacial score (nSPS) is 32.7. The topological polar surface area (TPSA) is 26.3 Å². The van der Waals surface area contributed by atoms with Crippen molar-refractivity contribution in [2.24, 2.45) is 11.8 Å². The lowest BCUT2D eigenvalue weighted by atomic mass is 9.90. The van der Waals surface area contributed by atoms with Gasteiger partial charge in [-0.2, -0.15) is 0 Å². The Balaban J connectivity index is 1.90. The first kappa shape index (κ1) is 7.14. The molecule has 2 rings (SSSR count). The van der Waals surface area contributed by atoms with Crippen LogP contribution in [0.5, 0.6) is 0 Å². The molecular formula is C9H14O2. The average molecular weight is 154 g/mol. The highest BCUT2D eigenvalue weighted by molar-refractivity contribution is 5.71. The van der Waals surface area contributed by atoms with Crippen LogP contribution in [0.25, 0.3) is 0 Å². The predicted octanol–water partition coefficient (Wildman–Crippen LogP) is 1.74. The second kappa shape index (κ2) is 2.84. The van der Waals surface area contributed by atoms with Crippen molar-refractivity contribution in [1.29, 1.82) is 0 Å². The summed E-state index contributed by atoms with van der Waals surface area (Å²) in [5.74, 6) is 1.37. The van der Waals surface area contributed by atoms with E-state index in [1.54, 1.807) is 0 Å². The number of hydrogen-bond donors (Lipinski definition) is 0. The summed E-state index contributed by atoms with van der Waals surface area (Å²) in [5, 5.41) is 0. The third kappa shape index (κ3) is 1.39. The number of esters is 1. The molecule has 2 fully saturated rings. The number of rotatable bonds is 1. The average Bonchev–Trinajstić information content (AvgIpc) is 2.55. The highest BCUT2D eigenvalue weighted by Gasteiger charge is 2.32. The Morgan fingerprint density at radius 1 is 1.18 bits per heavy atom. The number of hydrogen-bond acceptors (Lipinski definition) is 2. The molecule has 2 heteroatoms. The predicted molar refractivity (Wildman–Crippen MR) is 41.0 cm³/mol. The summed E-state index contributed by atoms with van der Waals surface area (Å²) in [4.78, 5) is 10.8. The van der Waals surface area contributed by atoms with Crippen molar-refractivity contribution in [2.45, 2.75) is 32.1 Å². The van der Waals surface area contributed by atoms with E-state index in [1.165, 1.54) is 25.7 Å². The maximum absolute atomic E-state index is 10.8. The lowest BCUT2D eigenvalue weighted by Crippen LogP contribution is -2.10. The van der Waals surface area contributed by atoms with E-state index in [-0.39, 0.29) is 5.97 Å². The molecule has 1 atom stereocenters. The van der Waals surface area contributed by atoms with Gasteiger partial charge in [-0.15, -0.1) is 0 Å². The SMILES string of the molecule is O=C1C[C@H](C2CCCC2)CO1. The number of ether oxygens (including phenoxy) is 1. The van der Waals surface area contributed by atoms with Gasteiger partial charge in [0.05, 0.1) is 13.0 Å². The minimum absolute atomic E-state index is 0.0156. The van der Waals surface area contributed by atoms with Crippen LogP contribution in [0, 0.1) is 11.8 Å². The Kier molecular flexibility index (Phi) is 1.84. The summed E-state index contributed by atoms with van der Waals surface area (Å²) in [6, 6.07) is 0. The zero-order valence-corrected chi connectivity index (χ0v) is 6.71. The molecule has 1 aliphatic carbocycles. The van der Waals surface area contributed by atoms with Gasteiger partial charge >= 0.3 is 5.97 Å². The van der Waals surface area contributed by atoms with Gasteiger partial charge in [-0.3, -0.25) is 4.79 Å². The number of carbonyl (C=O) groups is 1. The van der Waals surface area contributed by atoms with E-state index in [0.717, 1.165) is 5.92 Å². The van der Waals surface area contributed by atoms with Gasteiger partial charge in [0.2, 0.25) is 0 Å². The van der Waals surface area contributed by atoms with E-state index in [4.69, 9.17) is 4.74 Å². The van der Waals surface area contributed by atoms with Crippen molar-refractivity contribution in [3.05, 3.63) is 0 Å². The fourth-order valence-corrected chi connectivity index (χ4v) is 2.26. The van der Waals surface area contributed by atoms with Crippen LogP contribution in [0.4, 0.5) is 0 Å². The summed E-state index contributed by atoms with van der Waals surface area (Å²) in [6.07, 6.45) is 6.04. The fourth-order valence-electron chi connectivity index (χ4n) is 2.26. The van der Waals surface area contributed by atoms with E-state index < -0.39 is 0 Å². The standard InChI is InChI=1S/C9H14O2/c10-9-5-8(6-11-9)7-3-1-2-4-7/h7-8H,1-6H2/t8-/m0/s1. The molecule has 1 saturated carbocycles. The molecule has 2 aliphatic rings. The molecule has 1 heterocycles. The van der Waals surface area contributed by atoms with Crippen LogP contribution in [0.1, 0.15) is 32.1 Å². The van der Waals surface area contributed by atoms with Gasteiger partial charge in [-0.1, -0.05) is 25.7 Å². The van der Waals surface area contributed by atoms with Gasteiger partial charge < -0.3 is 4.74 Å². The third-order valence-corrected chi connectivity index (χ3v) is 2.95. The first-order chi connectivity index (χ1) is 5.36. The van der Waals surface area contributed by atoms with Crippen molar-refractivity contribution >= 4 is 5.97 Å². The van der Waals surface area contributed by atoms with Gasteiger partial charge in [0.1, 0.15) is 0 Å². The quantitative estimate of drug-likeness (QED) is 0.538. The van der Waals surface area contributed by atoms with Crippen LogP contribution in [0.15, 0.2) is 0 Å². The van der Waals surface area contributed by atoms with Crippen LogP contribution in [-0.4, -0.2) is 12.6 Å². The maximum atomic E-state index is 10.8. The van der Waals surface area contributed by atoms with Crippen LogP contribution < -0.4 is 0 Å². The van der Waals surface area contributed by atoms with Gasteiger partial charge in [0, 0.05) is 5.92 Å². The Labute approximate surface area is 66.9 Å². The molecule has 0 aromatic carbocycles. The van der Waals surface area contributed by atoms with Gasteiger partial charge in [-0.05, 0) is 5.92 Å². The summed E-state index contributed by atoms with van der Waals surface area (Å²) >= 11 is 0. The van der Waals surface area contributed by atoms with Gasteiger partial charge in [0.25, 0.3) is 0 Å². The molecule has 11 heavy (non-hydrogen) atoms. The lowest BCUT2D eigenvalue weighted by molar-refractivity contribution is -0.137. The number of carbonyl (C=O) groups excluding carboxylic acids is 1. The minimum atomic E-state index is 0.0156. The molecule has 0 N–H and O–H groups in total. The molecule has 0 amide bonds. The second-order valence-electron chi connectivity index (χ2n) is 3.69. The van der Waals surface area contributed by atoms with Crippen LogP contribution in [0.2, 0.25) is 0 Å². The molecule has 2 nitrogen and oxygen atoms in total. The molecule has 1 aliphatic heterocycles. The van der Waals surface area contributed by atoms with Crippen molar-refractivity contribution in [2.75, 3.05) is 6.61 Å². The van der Waals surface area contributed by atoms with Crippen molar-refractivity contribution < 1.29 is 9.53 Å². The molecule has 0 bridgehead atoms. The molecule has 1 saturated heterocycles. The zero-order valence-electron chi connectivity index (χ0n) is 6.71. The monoisotopic (exact) mass is 154 g/mol. The molecule has 62 valence electrons. The summed E-state index contributed by atoms with van der Waals surface area (Å²) in [5.41, 5.74) is 0. The molecule has 0 aromatic heterocycles. The highest BCUT2D eigenvalue weighted by atomic mass is 16.5. The molecule has 0 radical (unpaired) electrons. The zero-order chi connectivity index (χ0) is 7.68. The Morgan fingerprint density at radius 3 is 2.45 bits per heavy atom. The van der Waals surface area contributed by atoms with Gasteiger partial charge in [0.15, 0.2) is 0 Å². The van der Waals surface area contributed by atoms with E-state index in [0.29, 0.717) is 18.9 Å². The number of cyclic esters (lactones) is 1. The van der Waals surface area contributed by atoms with Crippen molar-refractivity contribution in [3.63, 3.8) is 0 Å². The maximum Gasteiger partial charge on any atom is 0.306 e. The summed E-state index contributed by atoms with van der Waals surface area (Å²) in [6.45, 7) is 0.698.